The van der Waals surface area contributed by atoms with Crippen molar-refractivity contribution in [1.82, 2.24) is 0 Å². The molecule has 1 N–H and O–H groups in total. The van der Waals surface area contributed by atoms with Gasteiger partial charge in [-0.2, -0.15) is 13.2 Å². The predicted molar refractivity (Wildman–Crippen MR) is 45.9 cm³/mol. The van der Waals surface area contributed by atoms with Crippen molar-refractivity contribution in [3.05, 3.63) is 12.2 Å². The van der Waals surface area contributed by atoms with Crippen molar-refractivity contribution in [2.75, 3.05) is 0 Å². The van der Waals surface area contributed by atoms with Crippen molar-refractivity contribution in [2.45, 2.75) is 37.0 Å². The Morgan fingerprint density at radius 3 is 2.25 bits per heavy atom. The summed E-state index contributed by atoms with van der Waals surface area (Å²) in [7, 11) is 0. The van der Waals surface area contributed by atoms with Gasteiger partial charge in [0.1, 0.15) is 0 Å². The second-order valence-corrected chi connectivity index (χ2v) is 4.45. The third-order valence-electron chi connectivity index (χ3n) is 3.57. The highest BCUT2D eigenvalue weighted by atomic mass is 19.4. The van der Waals surface area contributed by atoms with E-state index in [2.05, 4.69) is 0 Å². The SMILES string of the molecule is OC1(C(F)(F)F)C(C2C=CCC2)CC1(F)F. The van der Waals surface area contributed by atoms with Gasteiger partial charge in [-0.25, -0.2) is 8.78 Å². The van der Waals surface area contributed by atoms with Crippen molar-refractivity contribution < 1.29 is 27.1 Å². The standard InChI is InChI=1S/C10H11F5O/c11-8(12)5-7(6-3-1-2-4-6)9(8,16)10(13,14)15/h1,3,6-7,16H,2,4-5H2. The van der Waals surface area contributed by atoms with E-state index in [9.17, 15) is 27.1 Å². The van der Waals surface area contributed by atoms with Crippen molar-refractivity contribution >= 4 is 0 Å². The first-order chi connectivity index (χ1) is 7.20. The minimum Gasteiger partial charge on any atom is -0.376 e. The molecule has 16 heavy (non-hydrogen) atoms. The fourth-order valence-corrected chi connectivity index (χ4v) is 2.59. The number of allylic oxidation sites excluding steroid dienone is 2. The first kappa shape index (κ1) is 11.8. The summed E-state index contributed by atoms with van der Waals surface area (Å²) in [4.78, 5) is 0. The Hall–Kier alpha value is -0.650. The van der Waals surface area contributed by atoms with E-state index in [4.69, 9.17) is 0 Å². The third-order valence-corrected chi connectivity index (χ3v) is 3.57. The minimum atomic E-state index is -5.28. The monoisotopic (exact) mass is 242 g/mol. The summed E-state index contributed by atoms with van der Waals surface area (Å²) in [6, 6.07) is 0. The molecule has 0 heterocycles. The number of rotatable bonds is 1. The van der Waals surface area contributed by atoms with E-state index in [1.54, 1.807) is 6.08 Å². The van der Waals surface area contributed by atoms with E-state index in [0.717, 1.165) is 0 Å². The summed E-state index contributed by atoms with van der Waals surface area (Å²) < 4.78 is 63.6. The van der Waals surface area contributed by atoms with Crippen LogP contribution >= 0.6 is 0 Å². The van der Waals surface area contributed by atoms with Crippen LogP contribution in [0.15, 0.2) is 12.2 Å². The maximum absolute atomic E-state index is 13.0. The Labute approximate surface area is 88.9 Å². The van der Waals surface area contributed by atoms with Gasteiger partial charge in [0, 0.05) is 12.3 Å². The molecule has 2 aliphatic rings. The molecule has 0 radical (unpaired) electrons. The smallest absolute Gasteiger partial charge is 0.376 e. The molecule has 1 nitrogen and oxygen atoms in total. The fraction of sp³-hybridized carbons (Fsp3) is 0.800. The molecule has 2 rings (SSSR count). The normalized spacial score (nSPS) is 42.1. The Bertz CT molecular complexity index is 310. The predicted octanol–water partition coefficient (Wildman–Crippen LogP) is 2.90. The zero-order chi connectivity index (χ0) is 12.2. The van der Waals surface area contributed by atoms with E-state index in [0.29, 0.717) is 12.8 Å². The summed E-state index contributed by atoms with van der Waals surface area (Å²) in [5.74, 6) is -6.07. The van der Waals surface area contributed by atoms with Crippen LogP contribution in [0.2, 0.25) is 0 Å². The van der Waals surface area contributed by atoms with Gasteiger partial charge in [-0.1, -0.05) is 12.2 Å². The van der Waals surface area contributed by atoms with Crippen LogP contribution in [0.4, 0.5) is 22.0 Å². The molecule has 0 saturated heterocycles. The van der Waals surface area contributed by atoms with Crippen molar-refractivity contribution in [3.8, 4) is 0 Å². The highest BCUT2D eigenvalue weighted by Gasteiger charge is 2.80. The molecule has 1 fully saturated rings. The molecule has 0 aromatic heterocycles. The van der Waals surface area contributed by atoms with Gasteiger partial charge in [-0.05, 0) is 18.8 Å². The molecule has 0 amide bonds. The van der Waals surface area contributed by atoms with E-state index < -0.39 is 36.0 Å². The van der Waals surface area contributed by atoms with Crippen molar-refractivity contribution in [3.63, 3.8) is 0 Å². The summed E-state index contributed by atoms with van der Waals surface area (Å²) in [6.07, 6.45) is -2.03. The summed E-state index contributed by atoms with van der Waals surface area (Å²) in [6.45, 7) is 0. The van der Waals surface area contributed by atoms with Gasteiger partial charge in [-0.3, -0.25) is 0 Å². The van der Waals surface area contributed by atoms with E-state index in [1.165, 1.54) is 6.08 Å². The van der Waals surface area contributed by atoms with Crippen LogP contribution in [0.1, 0.15) is 19.3 Å². The fourth-order valence-electron chi connectivity index (χ4n) is 2.59. The molecule has 92 valence electrons. The van der Waals surface area contributed by atoms with Crippen LogP contribution in [-0.2, 0) is 0 Å². The lowest BCUT2D eigenvalue weighted by molar-refractivity contribution is -0.404. The van der Waals surface area contributed by atoms with Gasteiger partial charge in [0.05, 0.1) is 0 Å². The number of hydrogen-bond donors (Lipinski definition) is 1. The molecule has 0 aromatic rings. The molecule has 0 spiro atoms. The quantitative estimate of drug-likeness (QED) is 0.553. The number of aliphatic hydroxyl groups is 1. The Morgan fingerprint density at radius 1 is 1.25 bits per heavy atom. The van der Waals surface area contributed by atoms with E-state index in [1.807, 2.05) is 0 Å². The number of halogens is 5. The average molecular weight is 242 g/mol. The Morgan fingerprint density at radius 2 is 1.88 bits per heavy atom. The largest absolute Gasteiger partial charge is 0.423 e. The zero-order valence-electron chi connectivity index (χ0n) is 8.27. The molecule has 1 saturated carbocycles. The molecule has 2 aliphatic carbocycles. The molecule has 0 aromatic carbocycles. The number of alkyl halides is 5. The summed E-state index contributed by atoms with van der Waals surface area (Å²) in [5, 5.41) is 9.29. The van der Waals surface area contributed by atoms with E-state index in [-0.39, 0.29) is 0 Å². The van der Waals surface area contributed by atoms with Gasteiger partial charge >= 0.3 is 6.18 Å². The van der Waals surface area contributed by atoms with Crippen LogP contribution in [0.25, 0.3) is 0 Å². The summed E-state index contributed by atoms with van der Waals surface area (Å²) in [5.41, 5.74) is -3.85. The molecule has 3 unspecified atom stereocenters. The highest BCUT2D eigenvalue weighted by Crippen LogP contribution is 2.62. The van der Waals surface area contributed by atoms with Crippen LogP contribution in [-0.4, -0.2) is 22.8 Å². The maximum Gasteiger partial charge on any atom is 0.423 e. The van der Waals surface area contributed by atoms with Gasteiger partial charge in [0.2, 0.25) is 5.60 Å². The molecule has 0 bridgehead atoms. The van der Waals surface area contributed by atoms with Crippen LogP contribution in [0, 0.1) is 11.8 Å². The van der Waals surface area contributed by atoms with Crippen LogP contribution in [0.5, 0.6) is 0 Å². The Balaban J connectivity index is 2.27. The van der Waals surface area contributed by atoms with Crippen LogP contribution in [0.3, 0.4) is 0 Å². The van der Waals surface area contributed by atoms with Crippen molar-refractivity contribution in [1.29, 1.82) is 0 Å². The third kappa shape index (κ3) is 1.31. The van der Waals surface area contributed by atoms with Crippen molar-refractivity contribution in [2.24, 2.45) is 11.8 Å². The first-order valence-electron chi connectivity index (χ1n) is 5.04. The lowest BCUT2D eigenvalue weighted by Gasteiger charge is -2.53. The maximum atomic E-state index is 13.0. The highest BCUT2D eigenvalue weighted by molar-refractivity contribution is 5.18. The average Bonchev–Trinajstić information content (AvgIpc) is 2.63. The second kappa shape index (κ2) is 3.18. The zero-order valence-corrected chi connectivity index (χ0v) is 8.27. The van der Waals surface area contributed by atoms with Gasteiger partial charge in [-0.15, -0.1) is 0 Å². The van der Waals surface area contributed by atoms with Gasteiger partial charge in [0.15, 0.2) is 0 Å². The molecule has 0 aliphatic heterocycles. The van der Waals surface area contributed by atoms with E-state index >= 15 is 0 Å². The first-order valence-corrected chi connectivity index (χ1v) is 5.04. The lowest BCUT2D eigenvalue weighted by Crippen LogP contribution is -2.73. The molecular formula is C10H11F5O. The second-order valence-electron chi connectivity index (χ2n) is 4.45. The number of hydrogen-bond acceptors (Lipinski definition) is 1. The van der Waals surface area contributed by atoms with Crippen LogP contribution < -0.4 is 0 Å². The molecule has 3 atom stereocenters. The minimum absolute atomic E-state index is 0.402. The van der Waals surface area contributed by atoms with Gasteiger partial charge < -0.3 is 5.11 Å². The van der Waals surface area contributed by atoms with Gasteiger partial charge in [0.25, 0.3) is 5.92 Å². The summed E-state index contributed by atoms with van der Waals surface area (Å²) >= 11 is 0. The topological polar surface area (TPSA) is 20.2 Å². The molecular weight excluding hydrogens is 231 g/mol. The molecule has 6 heteroatoms. The lowest BCUT2D eigenvalue weighted by atomic mass is 9.60. The Kier molecular flexibility index (Phi) is 2.35.